The highest BCUT2D eigenvalue weighted by molar-refractivity contribution is 6.64. The number of carbonyl (C=O) groups excluding carboxylic acids is 1. The van der Waals surface area contributed by atoms with Gasteiger partial charge in [0.15, 0.2) is 11.5 Å². The van der Waals surface area contributed by atoms with Crippen LogP contribution in [0.4, 0.5) is 0 Å². The Balaban J connectivity index is 1.85. The molecule has 0 aliphatic carbocycles. The van der Waals surface area contributed by atoms with Crippen molar-refractivity contribution in [3.63, 3.8) is 0 Å². The number of carbonyl (C=O) groups is 1. The molecule has 0 aromatic heterocycles. The summed E-state index contributed by atoms with van der Waals surface area (Å²) in [6.07, 6.45) is 0.545. The van der Waals surface area contributed by atoms with E-state index in [-0.39, 0.29) is 11.2 Å². The predicted octanol–water partition coefficient (Wildman–Crippen LogP) is 3.55. The molecule has 1 heterocycles. The molecule has 0 fully saturated rings. The maximum Gasteiger partial charge on any atom is 0.229 e. The molecule has 2 aromatic carbocycles. The van der Waals surface area contributed by atoms with E-state index in [9.17, 15) is 4.79 Å². The van der Waals surface area contributed by atoms with E-state index < -0.39 is 0 Å². The second-order valence-corrected chi connectivity index (χ2v) is 5.32. The Bertz CT molecular complexity index is 640. The van der Waals surface area contributed by atoms with Crippen LogP contribution < -0.4 is 9.47 Å². The first-order chi connectivity index (χ1) is 10.2. The molecular weight excluding hydrogens is 288 g/mol. The molecule has 1 unspecified atom stereocenters. The minimum atomic E-state index is -0.351. The first-order valence-electron chi connectivity index (χ1n) is 6.87. The van der Waals surface area contributed by atoms with E-state index in [1.165, 1.54) is 0 Å². The van der Waals surface area contributed by atoms with Gasteiger partial charge in [-0.2, -0.15) is 0 Å². The van der Waals surface area contributed by atoms with Gasteiger partial charge in [-0.15, -0.1) is 0 Å². The summed E-state index contributed by atoms with van der Waals surface area (Å²) >= 11 is 5.78. The van der Waals surface area contributed by atoms with Gasteiger partial charge < -0.3 is 9.47 Å². The SMILES string of the molecule is O=C(Cl)C(Cc1ccc2c(c1)OCCO2)c1ccccc1. The molecule has 1 aliphatic rings. The van der Waals surface area contributed by atoms with Crippen molar-refractivity contribution in [2.24, 2.45) is 0 Å². The second-order valence-electron chi connectivity index (χ2n) is 4.95. The molecule has 0 saturated heterocycles. The summed E-state index contributed by atoms with van der Waals surface area (Å²) in [7, 11) is 0. The molecule has 0 amide bonds. The molecule has 2 aromatic rings. The monoisotopic (exact) mass is 302 g/mol. The lowest BCUT2D eigenvalue weighted by Crippen LogP contribution is -2.16. The Morgan fingerprint density at radius 3 is 2.48 bits per heavy atom. The van der Waals surface area contributed by atoms with E-state index in [0.717, 1.165) is 22.6 Å². The van der Waals surface area contributed by atoms with E-state index >= 15 is 0 Å². The van der Waals surface area contributed by atoms with Gasteiger partial charge in [-0.05, 0) is 41.3 Å². The number of fused-ring (bicyclic) bond motifs is 1. The lowest BCUT2D eigenvalue weighted by Gasteiger charge is -2.20. The number of hydrogen-bond acceptors (Lipinski definition) is 3. The third-order valence-corrected chi connectivity index (χ3v) is 3.79. The summed E-state index contributed by atoms with van der Waals surface area (Å²) in [6.45, 7) is 1.12. The smallest absolute Gasteiger partial charge is 0.229 e. The van der Waals surface area contributed by atoms with Crippen LogP contribution in [0.1, 0.15) is 17.0 Å². The Morgan fingerprint density at radius 1 is 1.05 bits per heavy atom. The van der Waals surface area contributed by atoms with Crippen LogP contribution in [-0.4, -0.2) is 18.5 Å². The Morgan fingerprint density at radius 2 is 1.76 bits per heavy atom. The molecule has 3 nitrogen and oxygen atoms in total. The highest BCUT2D eigenvalue weighted by Crippen LogP contribution is 2.33. The van der Waals surface area contributed by atoms with Crippen LogP contribution in [-0.2, 0) is 11.2 Å². The van der Waals surface area contributed by atoms with Gasteiger partial charge >= 0.3 is 0 Å². The molecule has 0 radical (unpaired) electrons. The lowest BCUT2D eigenvalue weighted by molar-refractivity contribution is -0.113. The molecule has 108 valence electrons. The average molecular weight is 303 g/mol. The largest absolute Gasteiger partial charge is 0.486 e. The molecule has 0 spiro atoms. The van der Waals surface area contributed by atoms with E-state index in [1.54, 1.807) is 0 Å². The predicted molar refractivity (Wildman–Crippen MR) is 81.2 cm³/mol. The third kappa shape index (κ3) is 3.19. The zero-order valence-electron chi connectivity index (χ0n) is 11.4. The number of ether oxygens (including phenoxy) is 2. The third-order valence-electron chi connectivity index (χ3n) is 3.52. The standard InChI is InChI=1S/C17H15ClO3/c18-17(19)14(13-4-2-1-3-5-13)10-12-6-7-15-16(11-12)21-9-8-20-15/h1-7,11,14H,8-10H2. The maximum atomic E-state index is 11.7. The number of benzene rings is 2. The van der Waals surface area contributed by atoms with Crippen molar-refractivity contribution in [3.05, 3.63) is 59.7 Å². The Hall–Kier alpha value is -2.00. The number of halogens is 1. The van der Waals surface area contributed by atoms with Crippen LogP contribution in [0.5, 0.6) is 11.5 Å². The first kappa shape index (κ1) is 14.0. The second kappa shape index (κ2) is 6.19. The van der Waals surface area contributed by atoms with Crippen LogP contribution in [0.3, 0.4) is 0 Å². The summed E-state index contributed by atoms with van der Waals surface area (Å²) in [5, 5.41) is -0.351. The molecule has 0 saturated carbocycles. The fraction of sp³-hybridized carbons (Fsp3) is 0.235. The highest BCUT2D eigenvalue weighted by Gasteiger charge is 2.20. The molecule has 0 N–H and O–H groups in total. The normalized spacial score (nSPS) is 14.5. The van der Waals surface area contributed by atoms with Crippen LogP contribution >= 0.6 is 11.6 Å². The van der Waals surface area contributed by atoms with Crippen LogP contribution in [0.15, 0.2) is 48.5 Å². The molecule has 4 heteroatoms. The van der Waals surface area contributed by atoms with Crippen LogP contribution in [0.25, 0.3) is 0 Å². The number of hydrogen-bond donors (Lipinski definition) is 0. The van der Waals surface area contributed by atoms with Crippen molar-refractivity contribution in [2.45, 2.75) is 12.3 Å². The van der Waals surface area contributed by atoms with Gasteiger partial charge in [-0.3, -0.25) is 4.79 Å². The Labute approximate surface area is 128 Å². The van der Waals surface area contributed by atoms with Gasteiger partial charge in [0.2, 0.25) is 5.24 Å². The fourth-order valence-corrected chi connectivity index (χ4v) is 2.67. The van der Waals surface area contributed by atoms with Gasteiger partial charge in [-0.25, -0.2) is 0 Å². The van der Waals surface area contributed by atoms with E-state index in [1.807, 2.05) is 48.5 Å². The van der Waals surface area contributed by atoms with E-state index in [4.69, 9.17) is 21.1 Å². The van der Waals surface area contributed by atoms with Gasteiger partial charge in [0, 0.05) is 0 Å². The van der Waals surface area contributed by atoms with Crippen molar-refractivity contribution in [1.82, 2.24) is 0 Å². The van der Waals surface area contributed by atoms with Crippen molar-refractivity contribution >= 4 is 16.8 Å². The molecule has 0 bridgehead atoms. The lowest BCUT2D eigenvalue weighted by atomic mass is 9.93. The van der Waals surface area contributed by atoms with Gasteiger partial charge in [0.1, 0.15) is 13.2 Å². The molecule has 1 aliphatic heterocycles. The quantitative estimate of drug-likeness (QED) is 0.810. The zero-order valence-corrected chi connectivity index (χ0v) is 12.2. The summed E-state index contributed by atoms with van der Waals surface area (Å²) in [5.74, 6) is 1.13. The van der Waals surface area contributed by atoms with E-state index in [2.05, 4.69) is 0 Å². The average Bonchev–Trinajstić information content (AvgIpc) is 2.53. The summed E-state index contributed by atoms with van der Waals surface area (Å²) in [6, 6.07) is 15.3. The molecule has 21 heavy (non-hydrogen) atoms. The summed E-state index contributed by atoms with van der Waals surface area (Å²) in [5.41, 5.74) is 1.93. The van der Waals surface area contributed by atoms with Crippen LogP contribution in [0.2, 0.25) is 0 Å². The number of rotatable bonds is 4. The molecule has 1 atom stereocenters. The van der Waals surface area contributed by atoms with Gasteiger partial charge in [0.05, 0.1) is 5.92 Å². The van der Waals surface area contributed by atoms with Crippen molar-refractivity contribution in [2.75, 3.05) is 13.2 Å². The Kier molecular flexibility index (Phi) is 4.11. The zero-order chi connectivity index (χ0) is 14.7. The molecular formula is C17H15ClO3. The summed E-state index contributed by atoms with van der Waals surface area (Å²) in [4.78, 5) is 11.7. The van der Waals surface area contributed by atoms with Crippen LogP contribution in [0, 0.1) is 0 Å². The first-order valence-corrected chi connectivity index (χ1v) is 7.24. The minimum Gasteiger partial charge on any atom is -0.486 e. The van der Waals surface area contributed by atoms with Crippen molar-refractivity contribution in [1.29, 1.82) is 0 Å². The fourth-order valence-electron chi connectivity index (χ4n) is 2.46. The van der Waals surface area contributed by atoms with Crippen molar-refractivity contribution in [3.8, 4) is 11.5 Å². The minimum absolute atomic E-state index is 0.351. The van der Waals surface area contributed by atoms with Gasteiger partial charge in [0.25, 0.3) is 0 Å². The van der Waals surface area contributed by atoms with E-state index in [0.29, 0.717) is 19.6 Å². The highest BCUT2D eigenvalue weighted by atomic mass is 35.5. The van der Waals surface area contributed by atoms with Crippen molar-refractivity contribution < 1.29 is 14.3 Å². The topological polar surface area (TPSA) is 35.5 Å². The maximum absolute atomic E-state index is 11.7. The summed E-state index contributed by atoms with van der Waals surface area (Å²) < 4.78 is 11.1. The molecule has 3 rings (SSSR count). The van der Waals surface area contributed by atoms with Gasteiger partial charge in [-0.1, -0.05) is 36.4 Å².